The van der Waals surface area contributed by atoms with Gasteiger partial charge in [-0.3, -0.25) is 0 Å². The SMILES string of the molecule is CCCn1c(C2CCN(S(=O)(=O)c3cccc4nsnc34)C2)nc2cccnc21. The van der Waals surface area contributed by atoms with Gasteiger partial charge in [0.05, 0.1) is 11.7 Å². The molecule has 150 valence electrons. The number of benzene rings is 1. The minimum atomic E-state index is -3.65. The number of sulfonamides is 1. The molecule has 1 atom stereocenters. The lowest BCUT2D eigenvalue weighted by Gasteiger charge is -2.17. The van der Waals surface area contributed by atoms with Crippen LogP contribution in [0, 0.1) is 0 Å². The van der Waals surface area contributed by atoms with Gasteiger partial charge in [-0.25, -0.2) is 18.4 Å². The van der Waals surface area contributed by atoms with Crippen LogP contribution < -0.4 is 0 Å². The molecule has 0 bridgehead atoms. The maximum absolute atomic E-state index is 13.3. The number of rotatable bonds is 5. The highest BCUT2D eigenvalue weighted by molar-refractivity contribution is 7.89. The van der Waals surface area contributed by atoms with E-state index in [0.29, 0.717) is 24.1 Å². The van der Waals surface area contributed by atoms with Gasteiger partial charge >= 0.3 is 0 Å². The second-order valence-corrected chi connectivity index (χ2v) is 9.64. The van der Waals surface area contributed by atoms with Crippen molar-refractivity contribution in [3.05, 3.63) is 42.4 Å². The van der Waals surface area contributed by atoms with Gasteiger partial charge in [0, 0.05) is 31.7 Å². The molecule has 1 aliphatic rings. The molecule has 4 heterocycles. The first-order valence-corrected chi connectivity index (χ1v) is 11.8. The average molecular weight is 429 g/mol. The van der Waals surface area contributed by atoms with Crippen molar-refractivity contribution in [1.82, 2.24) is 27.6 Å². The fourth-order valence-corrected chi connectivity index (χ4v) is 6.27. The lowest BCUT2D eigenvalue weighted by molar-refractivity contribution is 0.469. The highest BCUT2D eigenvalue weighted by atomic mass is 32.2. The van der Waals surface area contributed by atoms with E-state index >= 15 is 0 Å². The Labute approximate surface area is 172 Å². The smallest absolute Gasteiger partial charge is 0.245 e. The Morgan fingerprint density at radius 2 is 2.03 bits per heavy atom. The normalized spacial score (nSPS) is 18.2. The molecule has 1 aliphatic heterocycles. The first-order chi connectivity index (χ1) is 14.1. The predicted molar refractivity (Wildman–Crippen MR) is 111 cm³/mol. The van der Waals surface area contributed by atoms with Gasteiger partial charge < -0.3 is 4.57 Å². The maximum Gasteiger partial charge on any atom is 0.245 e. The summed E-state index contributed by atoms with van der Waals surface area (Å²) in [5.41, 5.74) is 2.78. The molecule has 0 N–H and O–H groups in total. The van der Waals surface area contributed by atoms with Crippen molar-refractivity contribution in [1.29, 1.82) is 0 Å². The van der Waals surface area contributed by atoms with Gasteiger partial charge in [0.1, 0.15) is 27.3 Å². The molecule has 0 aliphatic carbocycles. The number of aromatic nitrogens is 5. The number of fused-ring (bicyclic) bond motifs is 2. The van der Waals surface area contributed by atoms with Crippen LogP contribution in [0.5, 0.6) is 0 Å². The molecule has 8 nitrogen and oxygen atoms in total. The van der Waals surface area contributed by atoms with Crippen LogP contribution >= 0.6 is 11.7 Å². The van der Waals surface area contributed by atoms with Crippen molar-refractivity contribution in [2.75, 3.05) is 13.1 Å². The predicted octanol–water partition coefficient (Wildman–Crippen LogP) is 3.02. The number of imidazole rings is 1. The highest BCUT2D eigenvalue weighted by Gasteiger charge is 2.36. The number of aryl methyl sites for hydroxylation is 1. The van der Waals surface area contributed by atoms with Gasteiger partial charge in [0.2, 0.25) is 10.0 Å². The van der Waals surface area contributed by atoms with Crippen LogP contribution in [0.15, 0.2) is 41.4 Å². The zero-order chi connectivity index (χ0) is 20.0. The Morgan fingerprint density at radius 3 is 2.90 bits per heavy atom. The summed E-state index contributed by atoms with van der Waals surface area (Å²) >= 11 is 1.03. The number of hydrogen-bond donors (Lipinski definition) is 0. The highest BCUT2D eigenvalue weighted by Crippen LogP contribution is 2.33. The quantitative estimate of drug-likeness (QED) is 0.485. The Kier molecular flexibility index (Phi) is 4.56. The molecule has 1 fully saturated rings. The van der Waals surface area contributed by atoms with Gasteiger partial charge in [0.25, 0.3) is 0 Å². The lowest BCUT2D eigenvalue weighted by atomic mass is 10.1. The van der Waals surface area contributed by atoms with Crippen molar-refractivity contribution in [2.24, 2.45) is 0 Å². The van der Waals surface area contributed by atoms with Crippen molar-refractivity contribution in [2.45, 2.75) is 37.1 Å². The summed E-state index contributed by atoms with van der Waals surface area (Å²) in [7, 11) is -3.65. The fourth-order valence-electron chi connectivity index (χ4n) is 4.02. The van der Waals surface area contributed by atoms with Crippen LogP contribution in [0.3, 0.4) is 0 Å². The van der Waals surface area contributed by atoms with E-state index in [0.717, 1.165) is 48.1 Å². The summed E-state index contributed by atoms with van der Waals surface area (Å²) < 4.78 is 38.7. The van der Waals surface area contributed by atoms with Gasteiger partial charge in [-0.1, -0.05) is 13.0 Å². The molecule has 29 heavy (non-hydrogen) atoms. The Hall–Kier alpha value is -2.43. The van der Waals surface area contributed by atoms with E-state index in [1.807, 2.05) is 12.1 Å². The van der Waals surface area contributed by atoms with Crippen LogP contribution in [0.2, 0.25) is 0 Å². The third-order valence-electron chi connectivity index (χ3n) is 5.36. The first kappa shape index (κ1) is 18.6. The zero-order valence-electron chi connectivity index (χ0n) is 15.9. The second-order valence-electron chi connectivity index (χ2n) is 7.20. The Balaban J connectivity index is 1.50. The Bertz CT molecular complexity index is 1300. The zero-order valence-corrected chi connectivity index (χ0v) is 17.5. The Morgan fingerprint density at radius 1 is 1.17 bits per heavy atom. The molecule has 0 radical (unpaired) electrons. The third kappa shape index (κ3) is 3.02. The van der Waals surface area contributed by atoms with E-state index < -0.39 is 10.0 Å². The van der Waals surface area contributed by atoms with E-state index in [2.05, 4.69) is 25.2 Å². The van der Waals surface area contributed by atoms with Crippen LogP contribution in [0.4, 0.5) is 0 Å². The summed E-state index contributed by atoms with van der Waals surface area (Å²) in [5, 5.41) is 0. The van der Waals surface area contributed by atoms with Crippen LogP contribution in [-0.2, 0) is 16.6 Å². The second kappa shape index (κ2) is 7.12. The molecule has 1 aromatic carbocycles. The molecule has 0 saturated carbocycles. The third-order valence-corrected chi connectivity index (χ3v) is 7.80. The lowest BCUT2D eigenvalue weighted by Crippen LogP contribution is -2.29. The van der Waals surface area contributed by atoms with E-state index in [-0.39, 0.29) is 10.8 Å². The molecular formula is C19H20N6O2S2. The summed E-state index contributed by atoms with van der Waals surface area (Å²) in [6.07, 6.45) is 3.47. The standard InChI is InChI=1S/C19H20N6O2S2/c1-2-10-25-18(21-15-6-4-9-20-19(15)25)13-8-11-24(12-13)29(26,27)16-7-3-5-14-17(16)23-28-22-14/h3-7,9,13H,2,8,10-12H2,1H3. The molecule has 1 unspecified atom stereocenters. The van der Waals surface area contributed by atoms with E-state index in [9.17, 15) is 8.42 Å². The van der Waals surface area contributed by atoms with Gasteiger partial charge in [-0.2, -0.15) is 13.1 Å². The van der Waals surface area contributed by atoms with E-state index in [1.54, 1.807) is 28.7 Å². The van der Waals surface area contributed by atoms with Crippen molar-refractivity contribution in [3.63, 3.8) is 0 Å². The molecule has 0 spiro atoms. The molecule has 5 rings (SSSR count). The molecule has 10 heteroatoms. The molecular weight excluding hydrogens is 408 g/mol. The number of hydrogen-bond acceptors (Lipinski definition) is 7. The van der Waals surface area contributed by atoms with Crippen LogP contribution in [-0.4, -0.2) is 49.1 Å². The van der Waals surface area contributed by atoms with Crippen molar-refractivity contribution < 1.29 is 8.42 Å². The molecule has 4 aromatic rings. The maximum atomic E-state index is 13.3. The molecule has 3 aromatic heterocycles. The number of nitrogens with zero attached hydrogens (tertiary/aromatic N) is 6. The van der Waals surface area contributed by atoms with Gasteiger partial charge in [0.15, 0.2) is 5.65 Å². The van der Waals surface area contributed by atoms with Crippen molar-refractivity contribution >= 4 is 43.9 Å². The molecule has 1 saturated heterocycles. The fraction of sp³-hybridized carbons (Fsp3) is 0.368. The van der Waals surface area contributed by atoms with E-state index in [1.165, 1.54) is 0 Å². The van der Waals surface area contributed by atoms with Crippen molar-refractivity contribution in [3.8, 4) is 0 Å². The minimum absolute atomic E-state index is 0.0401. The van der Waals surface area contributed by atoms with Gasteiger partial charge in [-0.05, 0) is 37.1 Å². The largest absolute Gasteiger partial charge is 0.312 e. The monoisotopic (exact) mass is 428 g/mol. The first-order valence-electron chi connectivity index (χ1n) is 9.62. The summed E-state index contributed by atoms with van der Waals surface area (Å²) in [6.45, 7) is 3.80. The van der Waals surface area contributed by atoms with E-state index in [4.69, 9.17) is 4.98 Å². The summed E-state index contributed by atoms with van der Waals surface area (Å²) in [4.78, 5) is 9.52. The average Bonchev–Trinajstić information content (AvgIpc) is 3.46. The number of pyridine rings is 1. The topological polar surface area (TPSA) is 93.9 Å². The summed E-state index contributed by atoms with van der Waals surface area (Å²) in [5.74, 6) is 0.963. The minimum Gasteiger partial charge on any atom is -0.312 e. The van der Waals surface area contributed by atoms with Gasteiger partial charge in [-0.15, -0.1) is 0 Å². The summed E-state index contributed by atoms with van der Waals surface area (Å²) in [6, 6.07) is 8.95. The van der Waals surface area contributed by atoms with Crippen LogP contribution in [0.25, 0.3) is 22.2 Å². The van der Waals surface area contributed by atoms with Crippen LogP contribution in [0.1, 0.15) is 31.5 Å². The molecule has 0 amide bonds.